The van der Waals surface area contributed by atoms with E-state index < -0.39 is 11.7 Å². The van der Waals surface area contributed by atoms with E-state index >= 15 is 0 Å². The summed E-state index contributed by atoms with van der Waals surface area (Å²) in [6, 6.07) is 5.32. The van der Waals surface area contributed by atoms with Gasteiger partial charge in [0.05, 0.1) is 36.1 Å². The molecule has 2 atom stereocenters. The third-order valence-electron chi connectivity index (χ3n) is 6.06. The first kappa shape index (κ1) is 24.2. The predicted octanol–water partition coefficient (Wildman–Crippen LogP) is 6.80. The first-order valence-corrected chi connectivity index (χ1v) is 12.0. The first-order chi connectivity index (χ1) is 16.2. The molecule has 9 heteroatoms. The zero-order valence-electron chi connectivity index (χ0n) is 19.6. The number of thiazole rings is 1. The SMILES string of the molecule is C/C=C(\N=C(OC)C(C)n1cnc(C)c1)c1nc2c(s1)CCCC2c1ccc(C(F)(F)F)cc1. The second-order valence-electron chi connectivity index (χ2n) is 8.36. The number of aliphatic imine (C=N–C) groups is 1. The lowest BCUT2D eigenvalue weighted by molar-refractivity contribution is -0.137. The monoisotopic (exact) mass is 488 g/mol. The summed E-state index contributed by atoms with van der Waals surface area (Å²) in [5.74, 6) is 0.519. The number of rotatable bonds is 5. The average molecular weight is 489 g/mol. The van der Waals surface area contributed by atoms with Gasteiger partial charge in [-0.1, -0.05) is 18.2 Å². The van der Waals surface area contributed by atoms with Crippen molar-refractivity contribution in [3.8, 4) is 0 Å². The number of imidazole rings is 1. The largest absolute Gasteiger partial charge is 0.483 e. The maximum Gasteiger partial charge on any atom is 0.416 e. The van der Waals surface area contributed by atoms with Gasteiger partial charge in [0.15, 0.2) is 0 Å². The molecule has 0 bridgehead atoms. The highest BCUT2D eigenvalue weighted by molar-refractivity contribution is 7.12. The molecule has 0 amide bonds. The highest BCUT2D eigenvalue weighted by atomic mass is 32.1. The van der Waals surface area contributed by atoms with Crippen LogP contribution in [-0.4, -0.2) is 27.5 Å². The fraction of sp³-hybridized carbons (Fsp3) is 0.400. The van der Waals surface area contributed by atoms with Crippen molar-refractivity contribution in [1.82, 2.24) is 14.5 Å². The Balaban J connectivity index is 1.63. The van der Waals surface area contributed by atoms with Crippen molar-refractivity contribution in [2.75, 3.05) is 7.11 Å². The summed E-state index contributed by atoms with van der Waals surface area (Å²) in [4.78, 5) is 15.1. The minimum absolute atomic E-state index is 0.0205. The Bertz CT molecular complexity index is 1210. The number of aromatic nitrogens is 3. The van der Waals surface area contributed by atoms with Gasteiger partial charge in [0.2, 0.25) is 5.90 Å². The number of allylic oxidation sites excluding steroid dienone is 1. The summed E-state index contributed by atoms with van der Waals surface area (Å²) in [7, 11) is 1.60. The molecule has 0 saturated heterocycles. The number of benzene rings is 1. The Morgan fingerprint density at radius 1 is 1.29 bits per heavy atom. The number of ether oxygens (including phenoxy) is 1. The highest BCUT2D eigenvalue weighted by Gasteiger charge is 2.31. The van der Waals surface area contributed by atoms with E-state index in [0.29, 0.717) is 11.6 Å². The fourth-order valence-corrected chi connectivity index (χ4v) is 5.38. The third kappa shape index (κ3) is 4.94. The third-order valence-corrected chi connectivity index (χ3v) is 7.22. The van der Waals surface area contributed by atoms with Crippen molar-refractivity contribution in [3.05, 3.63) is 75.3 Å². The number of halogens is 3. The number of fused-ring (bicyclic) bond motifs is 1. The van der Waals surface area contributed by atoms with Crippen LogP contribution < -0.4 is 0 Å². The van der Waals surface area contributed by atoms with Gasteiger partial charge in [0.25, 0.3) is 0 Å². The van der Waals surface area contributed by atoms with Crippen LogP contribution in [0, 0.1) is 6.92 Å². The van der Waals surface area contributed by atoms with Crippen molar-refractivity contribution in [2.24, 2.45) is 4.99 Å². The maximum absolute atomic E-state index is 13.0. The molecule has 0 aliphatic heterocycles. The Morgan fingerprint density at radius 3 is 2.62 bits per heavy atom. The van der Waals surface area contributed by atoms with Crippen LogP contribution in [0.15, 0.2) is 47.9 Å². The molecular weight excluding hydrogens is 461 g/mol. The van der Waals surface area contributed by atoms with Gasteiger partial charge in [-0.2, -0.15) is 13.2 Å². The van der Waals surface area contributed by atoms with Crippen molar-refractivity contribution < 1.29 is 17.9 Å². The topological polar surface area (TPSA) is 52.3 Å². The van der Waals surface area contributed by atoms with E-state index in [0.717, 1.165) is 58.2 Å². The Labute approximate surface area is 201 Å². The van der Waals surface area contributed by atoms with Crippen LogP contribution in [-0.2, 0) is 17.3 Å². The molecule has 0 fully saturated rings. The van der Waals surface area contributed by atoms with Crippen LogP contribution in [0.1, 0.15) is 71.0 Å². The van der Waals surface area contributed by atoms with Gasteiger partial charge in [0.1, 0.15) is 11.0 Å². The molecule has 4 rings (SSSR count). The van der Waals surface area contributed by atoms with Crippen LogP contribution in [0.4, 0.5) is 13.2 Å². The van der Waals surface area contributed by atoms with E-state index in [4.69, 9.17) is 14.7 Å². The summed E-state index contributed by atoms with van der Waals surface area (Å²) in [6.07, 6.45) is 3.99. The van der Waals surface area contributed by atoms with Gasteiger partial charge in [-0.05, 0) is 57.7 Å². The highest BCUT2D eigenvalue weighted by Crippen LogP contribution is 2.41. The lowest BCUT2D eigenvalue weighted by Gasteiger charge is -2.22. The molecule has 0 saturated carbocycles. The van der Waals surface area contributed by atoms with Crippen LogP contribution in [0.25, 0.3) is 5.70 Å². The summed E-state index contributed by atoms with van der Waals surface area (Å²) in [5.41, 5.74) is 2.79. The number of methoxy groups -OCH3 is 1. The quantitative estimate of drug-likeness (QED) is 0.293. The van der Waals surface area contributed by atoms with E-state index in [-0.39, 0.29) is 12.0 Å². The number of hydrogen-bond acceptors (Lipinski definition) is 5. The molecule has 0 spiro atoms. The van der Waals surface area contributed by atoms with E-state index in [2.05, 4.69) is 4.98 Å². The molecule has 0 N–H and O–H groups in total. The molecule has 180 valence electrons. The molecule has 2 aromatic heterocycles. The summed E-state index contributed by atoms with van der Waals surface area (Å²) >= 11 is 1.60. The van der Waals surface area contributed by atoms with Crippen LogP contribution in [0.2, 0.25) is 0 Å². The van der Waals surface area contributed by atoms with E-state index in [1.807, 2.05) is 37.6 Å². The second kappa shape index (κ2) is 9.74. The molecule has 2 heterocycles. The minimum atomic E-state index is -4.34. The van der Waals surface area contributed by atoms with Crippen molar-refractivity contribution in [1.29, 1.82) is 0 Å². The van der Waals surface area contributed by atoms with Crippen LogP contribution >= 0.6 is 11.3 Å². The second-order valence-corrected chi connectivity index (χ2v) is 9.44. The Morgan fingerprint density at radius 2 is 2.03 bits per heavy atom. The van der Waals surface area contributed by atoms with E-state index in [9.17, 15) is 13.2 Å². The number of aryl methyl sites for hydroxylation is 2. The van der Waals surface area contributed by atoms with Crippen LogP contribution in [0.5, 0.6) is 0 Å². The van der Waals surface area contributed by atoms with Crippen LogP contribution in [0.3, 0.4) is 0 Å². The smallest absolute Gasteiger partial charge is 0.416 e. The van der Waals surface area contributed by atoms with Gasteiger partial charge in [-0.3, -0.25) is 0 Å². The van der Waals surface area contributed by atoms with Crippen molar-refractivity contribution in [3.63, 3.8) is 0 Å². The fourth-order valence-electron chi connectivity index (χ4n) is 4.20. The van der Waals surface area contributed by atoms with Gasteiger partial charge in [-0.25, -0.2) is 15.0 Å². The van der Waals surface area contributed by atoms with Gasteiger partial charge >= 0.3 is 6.18 Å². The normalized spacial score (nSPS) is 18.0. The van der Waals surface area contributed by atoms with Gasteiger partial charge in [-0.15, -0.1) is 11.3 Å². The predicted molar refractivity (Wildman–Crippen MR) is 128 cm³/mol. The summed E-state index contributed by atoms with van der Waals surface area (Å²) in [6.45, 7) is 5.83. The number of hydrogen-bond donors (Lipinski definition) is 0. The standard InChI is InChI=1S/C25H27F3N4OS/c1-5-20(30-23(33-4)16(3)32-13-15(2)29-14-32)24-31-22-19(7-6-8-21(22)34-24)17-9-11-18(12-10-17)25(26,27)28/h5,9-14,16,19H,6-8H2,1-4H3/b20-5-,30-23?. The Kier molecular flexibility index (Phi) is 6.93. The van der Waals surface area contributed by atoms with E-state index in [1.54, 1.807) is 36.9 Å². The zero-order chi connectivity index (χ0) is 24.5. The molecular formula is C25H27F3N4OS. The first-order valence-electron chi connectivity index (χ1n) is 11.2. The minimum Gasteiger partial charge on any atom is -0.483 e. The molecule has 3 aromatic rings. The lowest BCUT2D eigenvalue weighted by Crippen LogP contribution is -2.17. The molecule has 1 aromatic carbocycles. The zero-order valence-corrected chi connectivity index (χ0v) is 20.4. The molecule has 5 nitrogen and oxygen atoms in total. The molecule has 1 aliphatic rings. The molecule has 0 radical (unpaired) electrons. The van der Waals surface area contributed by atoms with Gasteiger partial charge in [0, 0.05) is 17.0 Å². The summed E-state index contributed by atoms with van der Waals surface area (Å²) in [5, 5.41) is 0.787. The summed E-state index contributed by atoms with van der Waals surface area (Å²) < 4.78 is 46.5. The maximum atomic E-state index is 13.0. The Hall–Kier alpha value is -2.94. The number of nitrogens with zero attached hydrogens (tertiary/aromatic N) is 4. The van der Waals surface area contributed by atoms with Crippen molar-refractivity contribution in [2.45, 2.75) is 58.2 Å². The van der Waals surface area contributed by atoms with Gasteiger partial charge < -0.3 is 9.30 Å². The molecule has 2 unspecified atom stereocenters. The number of alkyl halides is 3. The average Bonchev–Trinajstić information content (AvgIpc) is 3.45. The lowest BCUT2D eigenvalue weighted by atomic mass is 9.85. The molecule has 1 aliphatic carbocycles. The molecule has 34 heavy (non-hydrogen) atoms. The van der Waals surface area contributed by atoms with E-state index in [1.165, 1.54) is 0 Å². The van der Waals surface area contributed by atoms with Crippen molar-refractivity contribution >= 4 is 22.9 Å².